The SMILES string of the molecule is Cc1cc(C(=O)N(C)C(C)C)cc(N)n1. The lowest BCUT2D eigenvalue weighted by molar-refractivity contribution is 0.0755. The summed E-state index contributed by atoms with van der Waals surface area (Å²) in [7, 11) is 1.78. The molecule has 0 saturated heterocycles. The molecule has 4 heteroatoms. The zero-order valence-electron chi connectivity index (χ0n) is 9.61. The number of nitrogens with two attached hydrogens (primary N) is 1. The van der Waals surface area contributed by atoms with Gasteiger partial charge >= 0.3 is 0 Å². The van der Waals surface area contributed by atoms with Crippen molar-refractivity contribution in [2.45, 2.75) is 26.8 Å². The molecule has 0 fully saturated rings. The molecule has 0 aliphatic rings. The summed E-state index contributed by atoms with van der Waals surface area (Å²) in [4.78, 5) is 17.6. The van der Waals surface area contributed by atoms with Crippen molar-refractivity contribution in [1.82, 2.24) is 9.88 Å². The van der Waals surface area contributed by atoms with Gasteiger partial charge in [0.15, 0.2) is 0 Å². The highest BCUT2D eigenvalue weighted by Gasteiger charge is 2.15. The van der Waals surface area contributed by atoms with Gasteiger partial charge in [-0.2, -0.15) is 0 Å². The minimum absolute atomic E-state index is 0.0257. The Balaban J connectivity index is 3.01. The molecule has 1 aromatic rings. The molecular weight excluding hydrogens is 190 g/mol. The first-order chi connectivity index (χ1) is 6.91. The summed E-state index contributed by atoms with van der Waals surface area (Å²) in [5, 5.41) is 0. The molecule has 0 radical (unpaired) electrons. The average molecular weight is 207 g/mol. The molecule has 0 bridgehead atoms. The molecule has 1 heterocycles. The van der Waals surface area contributed by atoms with Crippen molar-refractivity contribution in [3.63, 3.8) is 0 Å². The van der Waals surface area contributed by atoms with E-state index in [1.165, 1.54) is 0 Å². The largest absolute Gasteiger partial charge is 0.384 e. The highest BCUT2D eigenvalue weighted by atomic mass is 16.2. The molecule has 0 aromatic carbocycles. The molecule has 0 aliphatic heterocycles. The number of nitrogen functional groups attached to an aromatic ring is 1. The van der Waals surface area contributed by atoms with E-state index in [-0.39, 0.29) is 11.9 Å². The van der Waals surface area contributed by atoms with Gasteiger partial charge < -0.3 is 10.6 Å². The molecule has 15 heavy (non-hydrogen) atoms. The number of aryl methyl sites for hydroxylation is 1. The maximum Gasteiger partial charge on any atom is 0.254 e. The summed E-state index contributed by atoms with van der Waals surface area (Å²) in [6.07, 6.45) is 0. The molecule has 0 atom stereocenters. The van der Waals surface area contributed by atoms with Gasteiger partial charge in [0.1, 0.15) is 5.82 Å². The molecule has 82 valence electrons. The van der Waals surface area contributed by atoms with Gasteiger partial charge in [0, 0.05) is 24.3 Å². The second-order valence-electron chi connectivity index (χ2n) is 3.93. The molecule has 0 saturated carbocycles. The average Bonchev–Trinajstić information content (AvgIpc) is 2.13. The lowest BCUT2D eigenvalue weighted by Crippen LogP contribution is -2.33. The van der Waals surface area contributed by atoms with Crippen molar-refractivity contribution < 1.29 is 4.79 Å². The van der Waals surface area contributed by atoms with Crippen molar-refractivity contribution >= 4 is 11.7 Å². The highest BCUT2D eigenvalue weighted by molar-refractivity contribution is 5.94. The number of pyridine rings is 1. The Morgan fingerprint density at radius 1 is 1.47 bits per heavy atom. The number of carbonyl (C=O) groups is 1. The van der Waals surface area contributed by atoms with Crippen LogP contribution in [0.4, 0.5) is 5.82 Å². The monoisotopic (exact) mass is 207 g/mol. The lowest BCUT2D eigenvalue weighted by atomic mass is 10.2. The summed E-state index contributed by atoms with van der Waals surface area (Å²) >= 11 is 0. The van der Waals surface area contributed by atoms with Gasteiger partial charge in [-0.15, -0.1) is 0 Å². The van der Waals surface area contributed by atoms with Gasteiger partial charge in [-0.25, -0.2) is 4.98 Å². The first kappa shape index (κ1) is 11.5. The van der Waals surface area contributed by atoms with Crippen molar-refractivity contribution in [2.24, 2.45) is 0 Å². The van der Waals surface area contributed by atoms with E-state index in [0.717, 1.165) is 5.69 Å². The first-order valence-corrected chi connectivity index (χ1v) is 4.93. The molecule has 0 spiro atoms. The third kappa shape index (κ3) is 2.68. The van der Waals surface area contributed by atoms with Crippen LogP contribution in [0.25, 0.3) is 0 Å². The fourth-order valence-corrected chi connectivity index (χ4v) is 1.26. The second-order valence-corrected chi connectivity index (χ2v) is 3.93. The number of anilines is 1. The predicted molar refractivity (Wildman–Crippen MR) is 60.6 cm³/mol. The maximum absolute atomic E-state index is 11.9. The molecule has 1 aromatic heterocycles. The molecule has 4 nitrogen and oxygen atoms in total. The van der Waals surface area contributed by atoms with E-state index < -0.39 is 0 Å². The Bertz CT molecular complexity index is 354. The van der Waals surface area contributed by atoms with Gasteiger partial charge in [-0.3, -0.25) is 4.79 Å². The summed E-state index contributed by atoms with van der Waals surface area (Å²) in [6.45, 7) is 5.76. The summed E-state index contributed by atoms with van der Waals surface area (Å²) < 4.78 is 0. The van der Waals surface area contributed by atoms with Crippen LogP contribution in [-0.2, 0) is 0 Å². The summed E-state index contributed by atoms with van der Waals surface area (Å²) in [5.41, 5.74) is 6.95. The van der Waals surface area contributed by atoms with Crippen molar-refractivity contribution in [1.29, 1.82) is 0 Å². The quantitative estimate of drug-likeness (QED) is 0.798. The standard InChI is InChI=1S/C11H17N3O/c1-7(2)14(4)11(15)9-5-8(3)13-10(12)6-9/h5-7H,1-4H3,(H2,12,13). The van der Waals surface area contributed by atoms with E-state index in [0.29, 0.717) is 11.4 Å². The molecule has 0 unspecified atom stereocenters. The highest BCUT2D eigenvalue weighted by Crippen LogP contribution is 2.10. The Labute approximate surface area is 90.1 Å². The van der Waals surface area contributed by atoms with Crippen LogP contribution in [0.2, 0.25) is 0 Å². The van der Waals surface area contributed by atoms with Crippen molar-refractivity contribution in [2.75, 3.05) is 12.8 Å². The van der Waals surface area contributed by atoms with Gasteiger partial charge in [-0.05, 0) is 32.9 Å². The molecular formula is C11H17N3O. The van der Waals surface area contributed by atoms with Gasteiger partial charge in [0.25, 0.3) is 5.91 Å². The third-order valence-electron chi connectivity index (χ3n) is 2.32. The predicted octanol–water partition coefficient (Wildman–Crippen LogP) is 1.45. The van der Waals surface area contributed by atoms with E-state index in [2.05, 4.69) is 4.98 Å². The number of hydrogen-bond donors (Lipinski definition) is 1. The number of carbonyl (C=O) groups excluding carboxylic acids is 1. The van der Waals surface area contributed by atoms with Crippen LogP contribution in [0.3, 0.4) is 0 Å². The van der Waals surface area contributed by atoms with Crippen molar-refractivity contribution in [3.05, 3.63) is 23.4 Å². The van der Waals surface area contributed by atoms with Crippen LogP contribution in [0.5, 0.6) is 0 Å². The Kier molecular flexibility index (Phi) is 3.29. The number of aromatic nitrogens is 1. The van der Waals surface area contributed by atoms with E-state index in [1.807, 2.05) is 20.8 Å². The maximum atomic E-state index is 11.9. The van der Waals surface area contributed by atoms with Crippen LogP contribution in [0.15, 0.2) is 12.1 Å². The van der Waals surface area contributed by atoms with Crippen LogP contribution in [0, 0.1) is 6.92 Å². The van der Waals surface area contributed by atoms with Crippen LogP contribution >= 0.6 is 0 Å². The first-order valence-electron chi connectivity index (χ1n) is 4.93. The number of amides is 1. The van der Waals surface area contributed by atoms with E-state index >= 15 is 0 Å². The van der Waals surface area contributed by atoms with E-state index in [4.69, 9.17) is 5.73 Å². The zero-order valence-corrected chi connectivity index (χ0v) is 9.61. The molecule has 1 amide bonds. The molecule has 0 aliphatic carbocycles. The van der Waals surface area contributed by atoms with Gasteiger partial charge in [0.05, 0.1) is 0 Å². The van der Waals surface area contributed by atoms with Crippen LogP contribution < -0.4 is 5.73 Å². The Morgan fingerprint density at radius 2 is 2.07 bits per heavy atom. The van der Waals surface area contributed by atoms with Gasteiger partial charge in [0.2, 0.25) is 0 Å². The third-order valence-corrected chi connectivity index (χ3v) is 2.32. The van der Waals surface area contributed by atoms with Crippen LogP contribution in [-0.4, -0.2) is 28.9 Å². The van der Waals surface area contributed by atoms with Crippen molar-refractivity contribution in [3.8, 4) is 0 Å². The normalized spacial score (nSPS) is 10.5. The van der Waals surface area contributed by atoms with E-state index in [1.54, 1.807) is 24.1 Å². The summed E-state index contributed by atoms with van der Waals surface area (Å²) in [6, 6.07) is 3.53. The summed E-state index contributed by atoms with van der Waals surface area (Å²) in [5.74, 6) is 0.359. The Morgan fingerprint density at radius 3 is 2.53 bits per heavy atom. The minimum atomic E-state index is -0.0257. The van der Waals surface area contributed by atoms with Crippen LogP contribution in [0.1, 0.15) is 29.9 Å². The second kappa shape index (κ2) is 4.29. The van der Waals surface area contributed by atoms with E-state index in [9.17, 15) is 4.79 Å². The minimum Gasteiger partial charge on any atom is -0.384 e. The molecule has 2 N–H and O–H groups in total. The topological polar surface area (TPSA) is 59.2 Å². The van der Waals surface area contributed by atoms with Gasteiger partial charge in [-0.1, -0.05) is 0 Å². The lowest BCUT2D eigenvalue weighted by Gasteiger charge is -2.21. The molecule has 1 rings (SSSR count). The fourth-order valence-electron chi connectivity index (χ4n) is 1.26. The Hall–Kier alpha value is -1.58. The number of hydrogen-bond acceptors (Lipinski definition) is 3. The smallest absolute Gasteiger partial charge is 0.254 e. The number of nitrogens with zero attached hydrogens (tertiary/aromatic N) is 2. The fraction of sp³-hybridized carbons (Fsp3) is 0.455. The number of rotatable bonds is 2. The zero-order chi connectivity index (χ0) is 11.6.